The van der Waals surface area contributed by atoms with Crippen molar-refractivity contribution in [3.05, 3.63) is 59.2 Å². The van der Waals surface area contributed by atoms with E-state index in [1.165, 1.54) is 17.7 Å². The lowest BCUT2D eigenvalue weighted by Gasteiger charge is -2.29. The lowest BCUT2D eigenvalue weighted by molar-refractivity contribution is -0.123. The van der Waals surface area contributed by atoms with Crippen LogP contribution in [0, 0.1) is 0 Å². The summed E-state index contributed by atoms with van der Waals surface area (Å²) in [5.74, 6) is 0.933. The van der Waals surface area contributed by atoms with E-state index < -0.39 is 5.72 Å². The summed E-state index contributed by atoms with van der Waals surface area (Å²) < 4.78 is 11.0. The smallest absolute Gasteiger partial charge is 0.298 e. The van der Waals surface area contributed by atoms with E-state index in [0.29, 0.717) is 43.7 Å². The van der Waals surface area contributed by atoms with Gasteiger partial charge in [0.25, 0.3) is 18.9 Å². The number of carbonyl (C=O) groups is 3. The highest BCUT2D eigenvalue weighted by Gasteiger charge is 2.49. The fourth-order valence-electron chi connectivity index (χ4n) is 3.76. The van der Waals surface area contributed by atoms with Gasteiger partial charge in [0.05, 0.1) is 13.2 Å². The van der Waals surface area contributed by atoms with Crippen LogP contribution in [0.1, 0.15) is 73.9 Å². The number of aliphatic hydroxyl groups is 1. The Morgan fingerprint density at radius 1 is 1.03 bits per heavy atom. The van der Waals surface area contributed by atoms with Gasteiger partial charge in [-0.2, -0.15) is 0 Å². The molecule has 1 amide bonds. The number of hydrogen-bond acceptors (Lipinski definition) is 6. The summed E-state index contributed by atoms with van der Waals surface area (Å²) in [6.07, 6.45) is 6.20. The Bertz CT molecular complexity index is 972. The second kappa shape index (κ2) is 14.1. The molecule has 35 heavy (non-hydrogen) atoms. The van der Waals surface area contributed by atoms with Gasteiger partial charge in [-0.25, -0.2) is 0 Å². The molecule has 0 atom stereocenters. The number of rotatable bonds is 13. The Morgan fingerprint density at radius 3 is 2.37 bits per heavy atom. The standard InChI is InChI=1S/C26H33NO5.CH2O2/c1-3-5-6-9-16-31-23-11-8-7-10-22(23)18-27(26(30)14-15-26)25(29)21-12-13-24(32-19-28)20(4-2)17-21;2-1-3/h7-8,10-13,17,19,30H,3-6,9,14-16,18H2,1-2H3;1H,(H,2,3). The molecule has 3 rings (SSSR count). The Balaban J connectivity index is 0.00000137. The molecule has 0 heterocycles. The van der Waals surface area contributed by atoms with Gasteiger partial charge in [-0.3, -0.25) is 14.4 Å². The first kappa shape index (κ1) is 27.9. The zero-order valence-electron chi connectivity index (χ0n) is 20.4. The molecular weight excluding hydrogens is 450 g/mol. The fraction of sp³-hybridized carbons (Fsp3) is 0.444. The zero-order chi connectivity index (χ0) is 25.7. The highest BCUT2D eigenvalue weighted by molar-refractivity contribution is 5.95. The summed E-state index contributed by atoms with van der Waals surface area (Å²) in [6.45, 7) is 5.13. The molecule has 0 aliphatic heterocycles. The molecule has 8 nitrogen and oxygen atoms in total. The first-order valence-corrected chi connectivity index (χ1v) is 12.0. The molecule has 2 N–H and O–H groups in total. The maximum atomic E-state index is 13.4. The van der Waals surface area contributed by atoms with E-state index in [9.17, 15) is 14.7 Å². The Labute approximate surface area is 206 Å². The highest BCUT2D eigenvalue weighted by Crippen LogP contribution is 2.41. The van der Waals surface area contributed by atoms with E-state index in [0.717, 1.165) is 29.7 Å². The number of benzene rings is 2. The normalized spacial score (nSPS) is 13.1. The molecule has 2 aromatic rings. The van der Waals surface area contributed by atoms with Crippen LogP contribution < -0.4 is 9.47 Å². The molecule has 1 saturated carbocycles. The van der Waals surface area contributed by atoms with Crippen molar-refractivity contribution in [3.8, 4) is 11.5 Å². The highest BCUT2D eigenvalue weighted by atomic mass is 16.5. The lowest BCUT2D eigenvalue weighted by Crippen LogP contribution is -2.41. The Hall–Kier alpha value is -3.39. The van der Waals surface area contributed by atoms with Gasteiger partial charge in [0.15, 0.2) is 0 Å². The SMILES string of the molecule is CCCCCCOc1ccccc1CN(C(=O)c1ccc(OC=O)c(CC)c1)C1(O)CC1.O=CO. The number of carbonyl (C=O) groups excluding carboxylic acids is 2. The van der Waals surface area contributed by atoms with Crippen LogP contribution in [-0.4, -0.2) is 46.3 Å². The number of hydrogen-bond donors (Lipinski definition) is 2. The average molecular weight is 486 g/mol. The van der Waals surface area contributed by atoms with E-state index in [4.69, 9.17) is 19.4 Å². The number of amides is 1. The Kier molecular flexibility index (Phi) is 11.2. The van der Waals surface area contributed by atoms with Gasteiger partial charge in [0.1, 0.15) is 17.2 Å². The fourth-order valence-corrected chi connectivity index (χ4v) is 3.76. The molecule has 1 aliphatic carbocycles. The van der Waals surface area contributed by atoms with Crippen molar-refractivity contribution >= 4 is 18.9 Å². The lowest BCUT2D eigenvalue weighted by atomic mass is 10.1. The van der Waals surface area contributed by atoms with Crippen molar-refractivity contribution in [1.82, 2.24) is 4.90 Å². The third-order valence-electron chi connectivity index (χ3n) is 5.86. The zero-order valence-corrected chi connectivity index (χ0v) is 20.4. The maximum Gasteiger partial charge on any atom is 0.298 e. The molecule has 0 saturated heterocycles. The number of ether oxygens (including phenoxy) is 2. The molecule has 8 heteroatoms. The summed E-state index contributed by atoms with van der Waals surface area (Å²) in [4.78, 5) is 34.1. The van der Waals surface area contributed by atoms with Crippen molar-refractivity contribution in [2.75, 3.05) is 6.61 Å². The van der Waals surface area contributed by atoms with E-state index in [1.807, 2.05) is 31.2 Å². The van der Waals surface area contributed by atoms with Gasteiger partial charge in [-0.15, -0.1) is 0 Å². The molecule has 1 fully saturated rings. The van der Waals surface area contributed by atoms with Gasteiger partial charge >= 0.3 is 0 Å². The molecule has 1 aliphatic rings. The van der Waals surface area contributed by atoms with Crippen LogP contribution in [-0.2, 0) is 22.6 Å². The van der Waals surface area contributed by atoms with Crippen LogP contribution in [0.25, 0.3) is 0 Å². The molecule has 190 valence electrons. The third kappa shape index (κ3) is 8.10. The van der Waals surface area contributed by atoms with Crippen molar-refractivity contribution in [2.24, 2.45) is 0 Å². The number of carboxylic acid groups (broad SMARTS) is 1. The second-order valence-corrected chi connectivity index (χ2v) is 8.39. The Morgan fingerprint density at radius 2 is 1.74 bits per heavy atom. The first-order valence-electron chi connectivity index (χ1n) is 12.0. The van der Waals surface area contributed by atoms with Crippen molar-refractivity contribution in [3.63, 3.8) is 0 Å². The summed E-state index contributed by atoms with van der Waals surface area (Å²) in [7, 11) is 0. The predicted octanol–water partition coefficient (Wildman–Crippen LogP) is 4.57. The van der Waals surface area contributed by atoms with Gasteiger partial charge < -0.3 is 24.6 Å². The van der Waals surface area contributed by atoms with Crippen LogP contribution in [0.15, 0.2) is 42.5 Å². The predicted molar refractivity (Wildman–Crippen MR) is 131 cm³/mol. The number of unbranched alkanes of at least 4 members (excludes halogenated alkanes) is 3. The van der Waals surface area contributed by atoms with Crippen molar-refractivity contribution in [2.45, 2.75) is 71.1 Å². The van der Waals surface area contributed by atoms with E-state index >= 15 is 0 Å². The van der Waals surface area contributed by atoms with Crippen LogP contribution in [0.2, 0.25) is 0 Å². The largest absolute Gasteiger partial charge is 0.493 e. The van der Waals surface area contributed by atoms with Crippen molar-refractivity contribution in [1.29, 1.82) is 0 Å². The molecule has 0 bridgehead atoms. The summed E-state index contributed by atoms with van der Waals surface area (Å²) in [5, 5.41) is 17.8. The van der Waals surface area contributed by atoms with Gasteiger partial charge in [-0.05, 0) is 55.5 Å². The van der Waals surface area contributed by atoms with E-state index in [-0.39, 0.29) is 18.9 Å². The molecule has 2 aromatic carbocycles. The summed E-state index contributed by atoms with van der Waals surface area (Å²) in [5.41, 5.74) is 0.948. The van der Waals surface area contributed by atoms with Crippen LogP contribution in [0.5, 0.6) is 11.5 Å². The second-order valence-electron chi connectivity index (χ2n) is 8.39. The van der Waals surface area contributed by atoms with E-state index in [2.05, 4.69) is 6.92 Å². The monoisotopic (exact) mass is 485 g/mol. The quantitative estimate of drug-likeness (QED) is 0.243. The molecule has 0 radical (unpaired) electrons. The maximum absolute atomic E-state index is 13.4. The third-order valence-corrected chi connectivity index (χ3v) is 5.86. The van der Waals surface area contributed by atoms with Crippen molar-refractivity contribution < 1.29 is 34.1 Å². The first-order chi connectivity index (χ1) is 16.9. The minimum absolute atomic E-state index is 0.250. The molecule has 0 spiro atoms. The van der Waals surface area contributed by atoms with E-state index in [1.54, 1.807) is 18.2 Å². The summed E-state index contributed by atoms with van der Waals surface area (Å²) >= 11 is 0. The van der Waals surface area contributed by atoms with Gasteiger partial charge in [0, 0.05) is 11.1 Å². The molecule has 0 aromatic heterocycles. The molecule has 0 unspecified atom stereocenters. The average Bonchev–Trinajstić information content (AvgIpc) is 3.61. The van der Waals surface area contributed by atoms with Gasteiger partial charge in [-0.1, -0.05) is 51.3 Å². The topological polar surface area (TPSA) is 113 Å². The van der Waals surface area contributed by atoms with Gasteiger partial charge in [0.2, 0.25) is 0 Å². The number of para-hydroxylation sites is 1. The van der Waals surface area contributed by atoms with Crippen LogP contribution in [0.4, 0.5) is 0 Å². The van der Waals surface area contributed by atoms with Crippen LogP contribution >= 0.6 is 0 Å². The molecular formula is C27H35NO7. The minimum Gasteiger partial charge on any atom is -0.493 e. The van der Waals surface area contributed by atoms with Crippen LogP contribution in [0.3, 0.4) is 0 Å². The number of aryl methyl sites for hydroxylation is 1. The summed E-state index contributed by atoms with van der Waals surface area (Å²) in [6, 6.07) is 12.7. The minimum atomic E-state index is -1.14. The number of nitrogens with zero attached hydrogens (tertiary/aromatic N) is 1.